The lowest BCUT2D eigenvalue weighted by Crippen LogP contribution is -2.06. The van der Waals surface area contributed by atoms with E-state index in [4.69, 9.17) is 16.9 Å². The molecule has 1 atom stereocenters. The highest BCUT2D eigenvalue weighted by Gasteiger charge is 2.32. The van der Waals surface area contributed by atoms with Crippen LogP contribution in [0.3, 0.4) is 0 Å². The van der Waals surface area contributed by atoms with Crippen LogP contribution in [0.25, 0.3) is 5.82 Å². The average Bonchev–Trinajstić information content (AvgIpc) is 3.70. The second-order valence-corrected chi connectivity index (χ2v) is 8.57. The smallest absolute Gasteiger partial charge is 0.163 e. The van der Waals surface area contributed by atoms with E-state index < -0.39 is 0 Å². The number of aryl methyl sites for hydroxylation is 1. The van der Waals surface area contributed by atoms with Crippen molar-refractivity contribution in [1.29, 1.82) is 5.26 Å². The summed E-state index contributed by atoms with van der Waals surface area (Å²) < 4.78 is 1.71. The Kier molecular flexibility index (Phi) is 4.91. The number of ketones is 1. The molecule has 7 heteroatoms. The van der Waals surface area contributed by atoms with E-state index in [1.165, 1.54) is 30.2 Å². The second-order valence-electron chi connectivity index (χ2n) is 8.14. The molecule has 1 saturated carbocycles. The molecule has 31 heavy (non-hydrogen) atoms. The first kappa shape index (κ1) is 19.7. The van der Waals surface area contributed by atoms with Crippen LogP contribution in [0.1, 0.15) is 70.7 Å². The van der Waals surface area contributed by atoms with Gasteiger partial charge in [0, 0.05) is 23.2 Å². The molecule has 0 radical (unpaired) electrons. The summed E-state index contributed by atoms with van der Waals surface area (Å²) in [4.78, 5) is 21.7. The summed E-state index contributed by atoms with van der Waals surface area (Å²) in [5, 5.41) is 14.1. The molecule has 154 valence electrons. The maximum absolute atomic E-state index is 12.8. The summed E-state index contributed by atoms with van der Waals surface area (Å²) in [6, 6.07) is 11.3. The third-order valence-electron chi connectivity index (χ3n) is 5.71. The Morgan fingerprint density at radius 3 is 2.84 bits per heavy atom. The first-order valence-electron chi connectivity index (χ1n) is 10.4. The summed E-state index contributed by atoms with van der Waals surface area (Å²) in [5.41, 5.74) is 3.56. The van der Waals surface area contributed by atoms with E-state index in [0.29, 0.717) is 46.6 Å². The van der Waals surface area contributed by atoms with Gasteiger partial charge in [-0.25, -0.2) is 9.97 Å². The van der Waals surface area contributed by atoms with Crippen LogP contribution in [-0.2, 0) is 0 Å². The molecule has 0 N–H and O–H groups in total. The predicted molar refractivity (Wildman–Crippen MR) is 116 cm³/mol. The monoisotopic (exact) mass is 429 g/mol. The van der Waals surface area contributed by atoms with Crippen LogP contribution in [0.2, 0.25) is 5.02 Å². The Bertz CT molecular complexity index is 1250. The Hall–Kier alpha value is -3.30. The van der Waals surface area contributed by atoms with E-state index in [9.17, 15) is 4.79 Å². The topological polar surface area (TPSA) is 84.5 Å². The molecule has 1 fully saturated rings. The van der Waals surface area contributed by atoms with Crippen molar-refractivity contribution < 1.29 is 4.79 Å². The van der Waals surface area contributed by atoms with Gasteiger partial charge in [-0.1, -0.05) is 23.3 Å². The van der Waals surface area contributed by atoms with Crippen molar-refractivity contribution >= 4 is 17.4 Å². The lowest BCUT2D eigenvalue weighted by molar-refractivity contribution is 0.0983. The lowest BCUT2D eigenvalue weighted by Gasteiger charge is -2.06. The van der Waals surface area contributed by atoms with Crippen molar-refractivity contribution in [3.05, 3.63) is 81.5 Å². The number of hydrogen-bond donors (Lipinski definition) is 0. The number of aromatic nitrogens is 4. The van der Waals surface area contributed by atoms with Crippen LogP contribution in [-0.4, -0.2) is 25.5 Å². The molecule has 2 heterocycles. The molecular weight excluding hydrogens is 410 g/mol. The van der Waals surface area contributed by atoms with Gasteiger partial charge in [-0.3, -0.25) is 4.79 Å². The molecule has 1 aromatic carbocycles. The minimum Gasteiger partial charge on any atom is -0.294 e. The fourth-order valence-electron chi connectivity index (χ4n) is 3.85. The maximum Gasteiger partial charge on any atom is 0.163 e. The van der Waals surface area contributed by atoms with Gasteiger partial charge in [0.15, 0.2) is 11.6 Å². The SMILES string of the molecule is Cc1nc(C2C=C2CCC(=O)c2cc(Cl)cc(C3CC3)c2)n(-c2ccc(C#N)cn2)n1. The second kappa shape index (κ2) is 7.75. The lowest BCUT2D eigenvalue weighted by atomic mass is 10.0. The highest BCUT2D eigenvalue weighted by molar-refractivity contribution is 6.31. The minimum absolute atomic E-state index is 0.0628. The third-order valence-corrected chi connectivity index (χ3v) is 5.93. The largest absolute Gasteiger partial charge is 0.294 e. The molecule has 3 aromatic rings. The van der Waals surface area contributed by atoms with Crippen molar-refractivity contribution in [2.24, 2.45) is 0 Å². The molecule has 0 bridgehead atoms. The number of carbonyl (C=O) groups is 1. The van der Waals surface area contributed by atoms with Gasteiger partial charge in [0.25, 0.3) is 0 Å². The molecule has 0 amide bonds. The van der Waals surface area contributed by atoms with Crippen LogP contribution in [0, 0.1) is 18.3 Å². The normalized spacial score (nSPS) is 17.2. The summed E-state index contributed by atoms with van der Waals surface area (Å²) in [6.45, 7) is 1.84. The number of benzene rings is 1. The van der Waals surface area contributed by atoms with Crippen LogP contribution in [0.4, 0.5) is 0 Å². The Balaban J connectivity index is 1.26. The molecule has 2 aromatic heterocycles. The molecule has 0 saturated heterocycles. The average molecular weight is 430 g/mol. The number of Topliss-reactive ketones (excluding diaryl/α,β-unsaturated/α-hetero) is 1. The predicted octanol–water partition coefficient (Wildman–Crippen LogP) is 5.06. The Labute approximate surface area is 185 Å². The Morgan fingerprint density at radius 1 is 1.29 bits per heavy atom. The van der Waals surface area contributed by atoms with Crippen molar-refractivity contribution in [2.75, 3.05) is 0 Å². The highest BCUT2D eigenvalue weighted by atomic mass is 35.5. The number of halogens is 1. The van der Waals surface area contributed by atoms with Crippen molar-refractivity contribution in [3.63, 3.8) is 0 Å². The molecule has 0 spiro atoms. The fraction of sp³-hybridized carbons (Fsp3) is 0.292. The van der Waals surface area contributed by atoms with Crippen molar-refractivity contribution in [2.45, 2.75) is 44.4 Å². The molecule has 2 aliphatic carbocycles. The number of pyridine rings is 1. The quantitative estimate of drug-likeness (QED) is 0.387. The first-order valence-corrected chi connectivity index (χ1v) is 10.7. The van der Waals surface area contributed by atoms with Crippen molar-refractivity contribution in [3.8, 4) is 11.9 Å². The standard InChI is InChI=1S/C24H20ClN5O/c1-14-28-24(30(29-14)23-7-2-15(12-26)13-27-23)21-11-17(21)5-6-22(31)19-8-18(16-3-4-16)9-20(25)10-19/h2,7-11,13,16,21H,3-6H2,1H3. The van der Waals surface area contributed by atoms with Gasteiger partial charge >= 0.3 is 0 Å². The molecule has 2 aliphatic rings. The van der Waals surface area contributed by atoms with Gasteiger partial charge in [-0.05, 0) is 68.0 Å². The maximum atomic E-state index is 12.8. The summed E-state index contributed by atoms with van der Waals surface area (Å²) in [6.07, 6.45) is 7.12. The van der Waals surface area contributed by atoms with E-state index in [2.05, 4.69) is 27.2 Å². The highest BCUT2D eigenvalue weighted by Crippen LogP contribution is 2.43. The van der Waals surface area contributed by atoms with E-state index in [1.807, 2.05) is 19.1 Å². The molecule has 6 nitrogen and oxygen atoms in total. The number of nitriles is 1. The van der Waals surface area contributed by atoms with E-state index in [1.54, 1.807) is 22.9 Å². The van der Waals surface area contributed by atoms with Gasteiger partial charge in [-0.15, -0.1) is 5.10 Å². The third kappa shape index (κ3) is 4.14. The summed E-state index contributed by atoms with van der Waals surface area (Å²) in [7, 11) is 0. The van der Waals surface area contributed by atoms with Crippen molar-refractivity contribution in [1.82, 2.24) is 19.7 Å². The number of nitrogens with zero attached hydrogens (tertiary/aromatic N) is 5. The van der Waals surface area contributed by atoms with E-state index >= 15 is 0 Å². The van der Waals surface area contributed by atoms with Gasteiger partial charge in [0.1, 0.15) is 17.7 Å². The molecule has 0 aliphatic heterocycles. The number of carbonyl (C=O) groups excluding carboxylic acids is 1. The van der Waals surface area contributed by atoms with E-state index in [-0.39, 0.29) is 11.7 Å². The number of rotatable bonds is 7. The van der Waals surface area contributed by atoms with Crippen LogP contribution in [0.5, 0.6) is 0 Å². The zero-order valence-corrected chi connectivity index (χ0v) is 17.8. The van der Waals surface area contributed by atoms with Crippen LogP contribution in [0.15, 0.2) is 48.2 Å². The van der Waals surface area contributed by atoms with Crippen LogP contribution >= 0.6 is 11.6 Å². The van der Waals surface area contributed by atoms with Gasteiger partial charge in [0.05, 0.1) is 11.5 Å². The van der Waals surface area contributed by atoms with Gasteiger partial charge in [0.2, 0.25) is 0 Å². The molecule has 5 rings (SSSR count). The van der Waals surface area contributed by atoms with Gasteiger partial charge < -0.3 is 0 Å². The summed E-state index contributed by atoms with van der Waals surface area (Å²) >= 11 is 6.24. The fourth-order valence-corrected chi connectivity index (χ4v) is 4.10. The minimum atomic E-state index is 0.0628. The zero-order valence-electron chi connectivity index (χ0n) is 17.0. The Morgan fingerprint density at radius 2 is 2.13 bits per heavy atom. The number of hydrogen-bond acceptors (Lipinski definition) is 5. The van der Waals surface area contributed by atoms with Gasteiger partial charge in [-0.2, -0.15) is 9.94 Å². The molecule has 1 unspecified atom stereocenters. The number of allylic oxidation sites excluding steroid dienone is 2. The molecular formula is C24H20ClN5O. The zero-order chi connectivity index (χ0) is 21.5. The summed E-state index contributed by atoms with van der Waals surface area (Å²) in [5.74, 6) is 2.80. The first-order chi connectivity index (χ1) is 15.0. The van der Waals surface area contributed by atoms with E-state index in [0.717, 1.165) is 5.82 Å². The van der Waals surface area contributed by atoms with Crippen LogP contribution < -0.4 is 0 Å².